The molecule has 1 amide bonds. The van der Waals surface area contributed by atoms with Crippen molar-refractivity contribution in [3.63, 3.8) is 0 Å². The first-order valence-corrected chi connectivity index (χ1v) is 7.03. The second-order valence-corrected chi connectivity index (χ2v) is 5.16. The molecular weight excluding hydrogens is 304 g/mol. The van der Waals surface area contributed by atoms with E-state index < -0.39 is 18.0 Å². The summed E-state index contributed by atoms with van der Waals surface area (Å²) in [7, 11) is 0. The van der Waals surface area contributed by atoms with Crippen molar-refractivity contribution in [1.82, 2.24) is 4.98 Å². The number of esters is 1. The molecule has 2 rings (SSSR count). The summed E-state index contributed by atoms with van der Waals surface area (Å²) < 4.78 is 5.11. The van der Waals surface area contributed by atoms with Gasteiger partial charge in [-0.3, -0.25) is 4.79 Å². The van der Waals surface area contributed by atoms with Gasteiger partial charge in [0.1, 0.15) is 5.15 Å². The summed E-state index contributed by atoms with van der Waals surface area (Å²) in [6.07, 6.45) is 0.374. The van der Waals surface area contributed by atoms with Gasteiger partial charge in [0.25, 0.3) is 5.91 Å². The van der Waals surface area contributed by atoms with Crippen molar-refractivity contribution in [3.05, 3.63) is 58.9 Å². The highest BCUT2D eigenvalue weighted by molar-refractivity contribution is 6.29. The van der Waals surface area contributed by atoms with Crippen molar-refractivity contribution in [3.8, 4) is 0 Å². The van der Waals surface area contributed by atoms with Crippen LogP contribution in [0.3, 0.4) is 0 Å². The van der Waals surface area contributed by atoms with E-state index in [0.717, 1.165) is 5.56 Å². The van der Waals surface area contributed by atoms with Crippen molar-refractivity contribution in [2.45, 2.75) is 20.0 Å². The van der Waals surface area contributed by atoms with Crippen LogP contribution >= 0.6 is 11.6 Å². The van der Waals surface area contributed by atoms with E-state index in [1.807, 2.05) is 25.1 Å². The zero-order valence-electron chi connectivity index (χ0n) is 12.2. The summed E-state index contributed by atoms with van der Waals surface area (Å²) in [5, 5.41) is 2.97. The molecule has 0 aliphatic carbocycles. The van der Waals surface area contributed by atoms with Crippen LogP contribution in [0, 0.1) is 6.92 Å². The highest BCUT2D eigenvalue weighted by Gasteiger charge is 2.19. The molecule has 1 heterocycles. The van der Waals surface area contributed by atoms with Gasteiger partial charge in [-0.1, -0.05) is 23.7 Å². The minimum absolute atomic E-state index is 0.236. The van der Waals surface area contributed by atoms with Crippen LogP contribution in [0.5, 0.6) is 0 Å². The fourth-order valence-electron chi connectivity index (χ4n) is 1.75. The number of nitrogens with zero attached hydrogens (tertiary/aromatic N) is 1. The fourth-order valence-corrected chi connectivity index (χ4v) is 1.86. The number of halogens is 1. The Morgan fingerprint density at radius 1 is 1.27 bits per heavy atom. The van der Waals surface area contributed by atoms with Crippen LogP contribution in [0.4, 0.5) is 5.69 Å². The maximum absolute atomic E-state index is 12.0. The Balaban J connectivity index is 1.96. The molecule has 0 fully saturated rings. The molecule has 1 aromatic carbocycles. The summed E-state index contributed by atoms with van der Waals surface area (Å²) in [6.45, 7) is 3.43. The second kappa shape index (κ2) is 7.04. The number of hydrogen-bond donors (Lipinski definition) is 1. The first-order valence-electron chi connectivity index (χ1n) is 6.66. The van der Waals surface area contributed by atoms with Crippen LogP contribution in [0.25, 0.3) is 0 Å². The molecule has 0 saturated heterocycles. The number of carbonyl (C=O) groups excluding carboxylic acids is 2. The van der Waals surface area contributed by atoms with Gasteiger partial charge >= 0.3 is 5.97 Å². The molecule has 1 atom stereocenters. The number of hydrogen-bond acceptors (Lipinski definition) is 4. The number of benzene rings is 1. The average Bonchev–Trinajstić information content (AvgIpc) is 2.47. The quantitative estimate of drug-likeness (QED) is 0.694. The number of carbonyl (C=O) groups is 2. The monoisotopic (exact) mass is 318 g/mol. The number of ether oxygens (including phenoxy) is 1. The van der Waals surface area contributed by atoms with Gasteiger partial charge in [-0.2, -0.15) is 0 Å². The van der Waals surface area contributed by atoms with Crippen LogP contribution in [0.15, 0.2) is 42.6 Å². The van der Waals surface area contributed by atoms with E-state index in [1.54, 1.807) is 6.07 Å². The number of rotatable bonds is 4. The lowest BCUT2D eigenvalue weighted by Gasteiger charge is -2.13. The largest absolute Gasteiger partial charge is 0.449 e. The summed E-state index contributed by atoms with van der Waals surface area (Å²) in [5.41, 5.74) is 1.91. The predicted octanol–water partition coefficient (Wildman–Crippen LogP) is 3.23. The van der Waals surface area contributed by atoms with Gasteiger partial charge in [-0.05, 0) is 43.7 Å². The minimum atomic E-state index is -0.927. The molecule has 2 aromatic rings. The third kappa shape index (κ3) is 4.30. The molecule has 0 aliphatic rings. The smallest absolute Gasteiger partial charge is 0.340 e. The summed E-state index contributed by atoms with van der Waals surface area (Å²) in [5.74, 6) is -1.03. The lowest BCUT2D eigenvalue weighted by atomic mass is 10.2. The van der Waals surface area contributed by atoms with E-state index >= 15 is 0 Å². The molecule has 114 valence electrons. The Morgan fingerprint density at radius 2 is 2.05 bits per heavy atom. The van der Waals surface area contributed by atoms with Crippen LogP contribution in [0.2, 0.25) is 5.15 Å². The van der Waals surface area contributed by atoms with Gasteiger partial charge < -0.3 is 10.1 Å². The van der Waals surface area contributed by atoms with E-state index in [-0.39, 0.29) is 10.7 Å². The number of pyridine rings is 1. The number of anilines is 1. The van der Waals surface area contributed by atoms with Gasteiger partial charge in [0.2, 0.25) is 0 Å². The molecule has 5 nitrogen and oxygen atoms in total. The maximum Gasteiger partial charge on any atom is 0.340 e. The molecule has 0 saturated carbocycles. The lowest BCUT2D eigenvalue weighted by Crippen LogP contribution is -2.30. The molecule has 22 heavy (non-hydrogen) atoms. The zero-order chi connectivity index (χ0) is 16.1. The minimum Gasteiger partial charge on any atom is -0.449 e. The van der Waals surface area contributed by atoms with E-state index in [1.165, 1.54) is 25.3 Å². The van der Waals surface area contributed by atoms with E-state index in [2.05, 4.69) is 10.3 Å². The SMILES string of the molecule is Cc1cccc(NC(=O)[C@H](C)OC(=O)c2ccc(Cl)nc2)c1. The fraction of sp³-hybridized carbons (Fsp3) is 0.188. The lowest BCUT2D eigenvalue weighted by molar-refractivity contribution is -0.123. The van der Waals surface area contributed by atoms with E-state index in [4.69, 9.17) is 16.3 Å². The highest BCUT2D eigenvalue weighted by Crippen LogP contribution is 2.12. The zero-order valence-corrected chi connectivity index (χ0v) is 12.9. The van der Waals surface area contributed by atoms with Gasteiger partial charge in [-0.15, -0.1) is 0 Å². The Kier molecular flexibility index (Phi) is 5.12. The van der Waals surface area contributed by atoms with Gasteiger partial charge in [-0.25, -0.2) is 9.78 Å². The summed E-state index contributed by atoms with van der Waals surface area (Å²) in [6, 6.07) is 10.3. The van der Waals surface area contributed by atoms with Crippen LogP contribution in [-0.2, 0) is 9.53 Å². The number of nitrogens with one attached hydrogen (secondary N) is 1. The number of aromatic nitrogens is 1. The average molecular weight is 319 g/mol. The summed E-state index contributed by atoms with van der Waals surface area (Å²) in [4.78, 5) is 27.7. The Morgan fingerprint density at radius 3 is 2.68 bits per heavy atom. The third-order valence-electron chi connectivity index (χ3n) is 2.90. The molecule has 0 aliphatic heterocycles. The van der Waals surface area contributed by atoms with Gasteiger partial charge in [0.05, 0.1) is 5.56 Å². The molecule has 6 heteroatoms. The Labute approximate surface area is 133 Å². The van der Waals surface area contributed by atoms with Crippen LogP contribution < -0.4 is 5.32 Å². The van der Waals surface area contributed by atoms with Crippen LogP contribution in [0.1, 0.15) is 22.8 Å². The molecular formula is C16H15ClN2O3. The van der Waals surface area contributed by atoms with Crippen molar-refractivity contribution < 1.29 is 14.3 Å². The molecule has 0 spiro atoms. The summed E-state index contributed by atoms with van der Waals surface area (Å²) >= 11 is 5.65. The van der Waals surface area contributed by atoms with Gasteiger partial charge in [0.15, 0.2) is 6.10 Å². The maximum atomic E-state index is 12.0. The Hall–Kier alpha value is -2.40. The Bertz CT molecular complexity index is 686. The van der Waals surface area contributed by atoms with Gasteiger partial charge in [0, 0.05) is 11.9 Å². The normalized spacial score (nSPS) is 11.6. The molecule has 0 bridgehead atoms. The standard InChI is InChI=1S/C16H15ClN2O3/c1-10-4-3-5-13(8-10)19-15(20)11(2)22-16(21)12-6-7-14(17)18-9-12/h3-9,11H,1-2H3,(H,19,20)/t11-/m0/s1. The van der Waals surface area contributed by atoms with E-state index in [9.17, 15) is 9.59 Å². The van der Waals surface area contributed by atoms with Crippen molar-refractivity contribution >= 4 is 29.2 Å². The first-order chi connectivity index (χ1) is 10.5. The van der Waals surface area contributed by atoms with Crippen molar-refractivity contribution in [1.29, 1.82) is 0 Å². The van der Waals surface area contributed by atoms with Crippen LogP contribution in [-0.4, -0.2) is 23.0 Å². The molecule has 1 aromatic heterocycles. The van der Waals surface area contributed by atoms with Crippen molar-refractivity contribution in [2.24, 2.45) is 0 Å². The van der Waals surface area contributed by atoms with Crippen molar-refractivity contribution in [2.75, 3.05) is 5.32 Å². The first kappa shape index (κ1) is 16.0. The molecule has 1 N–H and O–H groups in total. The number of amides is 1. The number of aryl methyl sites for hydroxylation is 1. The third-order valence-corrected chi connectivity index (χ3v) is 3.13. The topological polar surface area (TPSA) is 68.3 Å². The highest BCUT2D eigenvalue weighted by atomic mass is 35.5. The molecule has 0 unspecified atom stereocenters. The predicted molar refractivity (Wildman–Crippen MR) is 83.9 cm³/mol. The van der Waals surface area contributed by atoms with E-state index in [0.29, 0.717) is 5.69 Å². The second-order valence-electron chi connectivity index (χ2n) is 4.78. The molecule has 0 radical (unpaired) electrons.